The summed E-state index contributed by atoms with van der Waals surface area (Å²) in [5, 5.41) is 9.19. The van der Waals surface area contributed by atoms with Crippen molar-refractivity contribution in [2.45, 2.75) is 13.0 Å². The van der Waals surface area contributed by atoms with Gasteiger partial charge in [-0.2, -0.15) is 0 Å². The lowest BCUT2D eigenvalue weighted by atomic mass is 10.1. The lowest BCUT2D eigenvalue weighted by Crippen LogP contribution is -2.01. The van der Waals surface area contributed by atoms with Gasteiger partial charge in [0.05, 0.1) is 17.6 Å². The summed E-state index contributed by atoms with van der Waals surface area (Å²) in [6, 6.07) is 8.94. The van der Waals surface area contributed by atoms with Crippen molar-refractivity contribution in [3.63, 3.8) is 0 Å². The van der Waals surface area contributed by atoms with Crippen molar-refractivity contribution in [1.82, 2.24) is 4.98 Å². The summed E-state index contributed by atoms with van der Waals surface area (Å²) >= 11 is 5.80. The van der Waals surface area contributed by atoms with Gasteiger partial charge in [-0.1, -0.05) is 35.9 Å². The molecule has 5 heteroatoms. The van der Waals surface area contributed by atoms with Crippen molar-refractivity contribution in [2.24, 2.45) is 0 Å². The first-order valence-corrected chi connectivity index (χ1v) is 6.04. The summed E-state index contributed by atoms with van der Waals surface area (Å²) in [6.45, 7) is 0.384. The number of hydrogen-bond acceptors (Lipinski definition) is 3. The number of halogens is 1. The van der Waals surface area contributed by atoms with Crippen molar-refractivity contribution in [3.05, 3.63) is 58.9 Å². The molecule has 4 nitrogen and oxygen atoms in total. The first-order valence-electron chi connectivity index (χ1n) is 5.66. The lowest BCUT2D eigenvalue weighted by molar-refractivity contribution is -0.136. The minimum atomic E-state index is -0.839. The predicted octanol–water partition coefficient (Wildman–Crippen LogP) is 2.94. The highest BCUT2D eigenvalue weighted by Gasteiger charge is 2.01. The van der Waals surface area contributed by atoms with E-state index in [2.05, 4.69) is 4.98 Å². The summed E-state index contributed by atoms with van der Waals surface area (Å²) in [7, 11) is 0. The van der Waals surface area contributed by atoms with E-state index in [1.165, 1.54) is 6.20 Å². The second-order valence-corrected chi connectivity index (χ2v) is 4.45. The highest BCUT2D eigenvalue weighted by Crippen LogP contribution is 2.16. The van der Waals surface area contributed by atoms with Crippen LogP contribution in [0.3, 0.4) is 0 Å². The summed E-state index contributed by atoms with van der Waals surface area (Å²) in [5.74, 6) is -0.240. The molecule has 0 fully saturated rings. The van der Waals surface area contributed by atoms with Crippen molar-refractivity contribution >= 4 is 17.6 Å². The van der Waals surface area contributed by atoms with Crippen molar-refractivity contribution < 1.29 is 14.6 Å². The van der Waals surface area contributed by atoms with Crippen LogP contribution < -0.4 is 4.74 Å². The molecule has 98 valence electrons. The summed E-state index contributed by atoms with van der Waals surface area (Å²) in [5.41, 5.74) is 1.72. The first-order chi connectivity index (χ1) is 9.13. The van der Waals surface area contributed by atoms with Crippen LogP contribution in [0.4, 0.5) is 0 Å². The third kappa shape index (κ3) is 4.26. The third-order valence-corrected chi connectivity index (χ3v) is 2.67. The van der Waals surface area contributed by atoms with Gasteiger partial charge in [-0.05, 0) is 11.1 Å². The van der Waals surface area contributed by atoms with Crippen LogP contribution >= 0.6 is 11.6 Å². The van der Waals surface area contributed by atoms with Crippen LogP contribution in [-0.2, 0) is 17.8 Å². The van der Waals surface area contributed by atoms with Crippen molar-refractivity contribution in [1.29, 1.82) is 0 Å². The Morgan fingerprint density at radius 1 is 1.21 bits per heavy atom. The summed E-state index contributed by atoms with van der Waals surface area (Å²) in [4.78, 5) is 14.5. The number of aromatic nitrogens is 1. The second kappa shape index (κ2) is 6.20. The van der Waals surface area contributed by atoms with E-state index in [-0.39, 0.29) is 6.42 Å². The zero-order valence-electron chi connectivity index (χ0n) is 10.0. The fourth-order valence-corrected chi connectivity index (χ4v) is 1.73. The normalized spacial score (nSPS) is 10.2. The Balaban J connectivity index is 1.94. The number of benzene rings is 1. The number of carboxylic acid groups (broad SMARTS) is 1. The van der Waals surface area contributed by atoms with Gasteiger partial charge in [0.2, 0.25) is 0 Å². The molecule has 0 spiro atoms. The van der Waals surface area contributed by atoms with Crippen LogP contribution in [-0.4, -0.2) is 16.1 Å². The molecule has 0 aliphatic heterocycles. The maximum absolute atomic E-state index is 10.6. The highest BCUT2D eigenvalue weighted by atomic mass is 35.5. The molecule has 2 aromatic rings. The number of aliphatic carboxylic acids is 1. The standard InChI is InChI=1S/C14H12ClNO3/c15-12-6-13(8-16-7-12)19-9-11-3-1-10(2-4-11)5-14(17)18/h1-4,6-8H,5,9H2,(H,17,18). The Morgan fingerprint density at radius 2 is 1.89 bits per heavy atom. The van der Waals surface area contributed by atoms with E-state index in [4.69, 9.17) is 21.4 Å². The Morgan fingerprint density at radius 3 is 2.53 bits per heavy atom. The third-order valence-electron chi connectivity index (χ3n) is 2.46. The van der Waals surface area contributed by atoms with Crippen LogP contribution in [0.15, 0.2) is 42.7 Å². The molecular formula is C14H12ClNO3. The Hall–Kier alpha value is -2.07. The number of hydrogen-bond donors (Lipinski definition) is 1. The van der Waals surface area contributed by atoms with Gasteiger partial charge >= 0.3 is 5.97 Å². The van der Waals surface area contributed by atoms with E-state index in [1.807, 2.05) is 12.1 Å². The maximum Gasteiger partial charge on any atom is 0.307 e. The van der Waals surface area contributed by atoms with Gasteiger partial charge in [-0.15, -0.1) is 0 Å². The monoisotopic (exact) mass is 277 g/mol. The van der Waals surface area contributed by atoms with Crippen LogP contribution in [0.5, 0.6) is 5.75 Å². The maximum atomic E-state index is 10.6. The molecule has 0 saturated heterocycles. The smallest absolute Gasteiger partial charge is 0.307 e. The number of ether oxygens (including phenoxy) is 1. The van der Waals surface area contributed by atoms with E-state index >= 15 is 0 Å². The number of carboxylic acids is 1. The average molecular weight is 278 g/mol. The molecule has 0 bridgehead atoms. The molecule has 0 unspecified atom stereocenters. The van der Waals surface area contributed by atoms with Gasteiger partial charge in [0.15, 0.2) is 0 Å². The van der Waals surface area contributed by atoms with Gasteiger partial charge in [0.1, 0.15) is 12.4 Å². The van der Waals surface area contributed by atoms with E-state index in [0.29, 0.717) is 17.4 Å². The van der Waals surface area contributed by atoms with E-state index < -0.39 is 5.97 Å². The van der Waals surface area contributed by atoms with Gasteiger partial charge in [-0.25, -0.2) is 0 Å². The number of carbonyl (C=O) groups is 1. The zero-order valence-corrected chi connectivity index (χ0v) is 10.8. The summed E-state index contributed by atoms with van der Waals surface area (Å²) < 4.78 is 5.53. The molecule has 1 heterocycles. The minimum absolute atomic E-state index is 0.0271. The largest absolute Gasteiger partial charge is 0.487 e. The number of rotatable bonds is 5. The molecule has 0 saturated carbocycles. The van der Waals surface area contributed by atoms with E-state index in [0.717, 1.165) is 11.1 Å². The number of pyridine rings is 1. The fraction of sp³-hybridized carbons (Fsp3) is 0.143. The Kier molecular flexibility index (Phi) is 4.36. The summed E-state index contributed by atoms with van der Waals surface area (Å²) in [6.07, 6.45) is 3.15. The lowest BCUT2D eigenvalue weighted by Gasteiger charge is -2.06. The SMILES string of the molecule is O=C(O)Cc1ccc(COc2cncc(Cl)c2)cc1. The van der Waals surface area contributed by atoms with E-state index in [9.17, 15) is 4.79 Å². The molecule has 0 atom stereocenters. The molecule has 1 N–H and O–H groups in total. The molecular weight excluding hydrogens is 266 g/mol. The minimum Gasteiger partial charge on any atom is -0.487 e. The molecule has 0 aliphatic carbocycles. The van der Waals surface area contributed by atoms with Gasteiger partial charge in [0.25, 0.3) is 0 Å². The Labute approximate surface area is 115 Å². The van der Waals surface area contributed by atoms with Gasteiger partial charge < -0.3 is 9.84 Å². The van der Waals surface area contributed by atoms with Gasteiger partial charge in [0, 0.05) is 12.3 Å². The topological polar surface area (TPSA) is 59.4 Å². The van der Waals surface area contributed by atoms with Crippen LogP contribution in [0, 0.1) is 0 Å². The van der Waals surface area contributed by atoms with E-state index in [1.54, 1.807) is 24.4 Å². The zero-order chi connectivity index (χ0) is 13.7. The fourth-order valence-electron chi connectivity index (χ4n) is 1.57. The second-order valence-electron chi connectivity index (χ2n) is 4.01. The molecule has 1 aromatic carbocycles. The molecule has 19 heavy (non-hydrogen) atoms. The molecule has 0 aliphatic rings. The highest BCUT2D eigenvalue weighted by molar-refractivity contribution is 6.30. The average Bonchev–Trinajstić information content (AvgIpc) is 2.37. The van der Waals surface area contributed by atoms with Crippen molar-refractivity contribution in [2.75, 3.05) is 0 Å². The molecule has 0 radical (unpaired) electrons. The molecule has 2 rings (SSSR count). The van der Waals surface area contributed by atoms with Crippen LogP contribution in [0.1, 0.15) is 11.1 Å². The molecule has 1 aromatic heterocycles. The number of nitrogens with zero attached hydrogens (tertiary/aromatic N) is 1. The molecule has 0 amide bonds. The first kappa shape index (κ1) is 13.4. The van der Waals surface area contributed by atoms with Crippen molar-refractivity contribution in [3.8, 4) is 5.75 Å². The van der Waals surface area contributed by atoms with Crippen LogP contribution in [0.2, 0.25) is 5.02 Å². The Bertz CT molecular complexity index is 569. The van der Waals surface area contributed by atoms with Gasteiger partial charge in [-0.3, -0.25) is 9.78 Å². The predicted molar refractivity (Wildman–Crippen MR) is 71.4 cm³/mol. The quantitative estimate of drug-likeness (QED) is 0.913. The van der Waals surface area contributed by atoms with Crippen LogP contribution in [0.25, 0.3) is 0 Å².